The summed E-state index contributed by atoms with van der Waals surface area (Å²) in [6, 6.07) is 8.81. The number of nitrogens with zero attached hydrogens (tertiary/aromatic N) is 2. The Morgan fingerprint density at radius 1 is 1.11 bits per heavy atom. The van der Waals surface area contributed by atoms with Gasteiger partial charge >= 0.3 is 0 Å². The Kier molecular flexibility index (Phi) is 6.65. The molecule has 0 aliphatic carbocycles. The minimum atomic E-state index is 0. The third kappa shape index (κ3) is 4.58. The molecule has 3 nitrogen and oxygen atoms in total. The summed E-state index contributed by atoms with van der Waals surface area (Å²) in [6.45, 7) is 9.69. The van der Waals surface area contributed by atoms with Gasteiger partial charge < -0.3 is 5.73 Å². The van der Waals surface area contributed by atoms with Crippen LogP contribution in [0.25, 0.3) is 0 Å². The van der Waals surface area contributed by atoms with Crippen LogP contribution in [0.15, 0.2) is 24.3 Å². The van der Waals surface area contributed by atoms with Crippen LogP contribution in [0.2, 0.25) is 0 Å². The first kappa shape index (κ1) is 15.4. The van der Waals surface area contributed by atoms with E-state index in [-0.39, 0.29) is 12.4 Å². The third-order valence-electron chi connectivity index (χ3n) is 3.40. The molecule has 0 spiro atoms. The average Bonchev–Trinajstić information content (AvgIpc) is 2.32. The summed E-state index contributed by atoms with van der Waals surface area (Å²) in [5.74, 6) is 0. The maximum absolute atomic E-state index is 5.58. The van der Waals surface area contributed by atoms with Crippen molar-refractivity contribution in [2.24, 2.45) is 5.73 Å². The van der Waals surface area contributed by atoms with Gasteiger partial charge in [-0.2, -0.15) is 0 Å². The number of halogens is 1. The molecule has 0 bridgehead atoms. The first-order chi connectivity index (χ1) is 8.28. The van der Waals surface area contributed by atoms with E-state index in [0.29, 0.717) is 0 Å². The topological polar surface area (TPSA) is 32.5 Å². The standard InChI is InChI=1S/C14H23N3.ClH/c1-13-3-2-4-14(11-13)12-17-9-7-16(6-5-15)8-10-17;/h2-4,11H,5-10,12,15H2,1H3;1H. The van der Waals surface area contributed by atoms with Gasteiger partial charge in [-0.3, -0.25) is 9.80 Å². The van der Waals surface area contributed by atoms with Crippen LogP contribution in [-0.2, 0) is 6.54 Å². The molecular formula is C14H24ClN3. The maximum Gasteiger partial charge on any atom is 0.0234 e. The Bertz CT molecular complexity index is 349. The van der Waals surface area contributed by atoms with Crippen molar-refractivity contribution in [2.75, 3.05) is 39.3 Å². The predicted octanol–water partition coefficient (Wildman–Crippen LogP) is 1.49. The number of hydrogen-bond donors (Lipinski definition) is 1. The van der Waals surface area contributed by atoms with Crippen molar-refractivity contribution in [2.45, 2.75) is 13.5 Å². The molecule has 0 aromatic heterocycles. The van der Waals surface area contributed by atoms with Gasteiger partial charge in [0.25, 0.3) is 0 Å². The van der Waals surface area contributed by atoms with E-state index in [2.05, 4.69) is 41.0 Å². The zero-order valence-corrected chi connectivity index (χ0v) is 12.0. The van der Waals surface area contributed by atoms with E-state index in [9.17, 15) is 0 Å². The van der Waals surface area contributed by atoms with Crippen molar-refractivity contribution in [3.05, 3.63) is 35.4 Å². The minimum absolute atomic E-state index is 0. The normalized spacial score (nSPS) is 17.4. The van der Waals surface area contributed by atoms with Crippen LogP contribution in [0.4, 0.5) is 0 Å². The van der Waals surface area contributed by atoms with Crippen LogP contribution >= 0.6 is 12.4 Å². The van der Waals surface area contributed by atoms with Crippen molar-refractivity contribution in [1.82, 2.24) is 9.80 Å². The summed E-state index contributed by atoms with van der Waals surface area (Å²) in [4.78, 5) is 4.98. The lowest BCUT2D eigenvalue weighted by Crippen LogP contribution is -2.47. The van der Waals surface area contributed by atoms with Gasteiger partial charge in [-0.15, -0.1) is 12.4 Å². The number of aryl methyl sites for hydroxylation is 1. The van der Waals surface area contributed by atoms with E-state index in [1.165, 1.54) is 11.1 Å². The summed E-state index contributed by atoms with van der Waals surface area (Å²) in [5, 5.41) is 0. The molecule has 0 radical (unpaired) electrons. The molecule has 1 fully saturated rings. The highest BCUT2D eigenvalue weighted by Gasteiger charge is 2.15. The van der Waals surface area contributed by atoms with Gasteiger partial charge in [-0.05, 0) is 12.5 Å². The van der Waals surface area contributed by atoms with Crippen molar-refractivity contribution in [3.63, 3.8) is 0 Å². The molecule has 1 aliphatic rings. The van der Waals surface area contributed by atoms with Gasteiger partial charge in [0.2, 0.25) is 0 Å². The number of rotatable bonds is 4. The highest BCUT2D eigenvalue weighted by molar-refractivity contribution is 5.85. The quantitative estimate of drug-likeness (QED) is 0.899. The van der Waals surface area contributed by atoms with E-state index in [4.69, 9.17) is 5.73 Å². The summed E-state index contributed by atoms with van der Waals surface area (Å²) in [5.41, 5.74) is 8.36. The molecule has 1 aromatic carbocycles. The van der Waals surface area contributed by atoms with Crippen LogP contribution in [0.3, 0.4) is 0 Å². The molecule has 0 unspecified atom stereocenters. The summed E-state index contributed by atoms with van der Waals surface area (Å²) >= 11 is 0. The molecule has 0 saturated carbocycles. The number of benzene rings is 1. The maximum atomic E-state index is 5.58. The molecule has 1 aromatic rings. The fraction of sp³-hybridized carbons (Fsp3) is 0.571. The minimum Gasteiger partial charge on any atom is -0.329 e. The Balaban J connectivity index is 0.00000162. The lowest BCUT2D eigenvalue weighted by Gasteiger charge is -2.34. The fourth-order valence-electron chi connectivity index (χ4n) is 2.42. The van der Waals surface area contributed by atoms with Crippen molar-refractivity contribution in [1.29, 1.82) is 0 Å². The van der Waals surface area contributed by atoms with Crippen LogP contribution < -0.4 is 5.73 Å². The average molecular weight is 270 g/mol. The van der Waals surface area contributed by atoms with Crippen molar-refractivity contribution in [3.8, 4) is 0 Å². The predicted molar refractivity (Wildman–Crippen MR) is 79.2 cm³/mol. The molecule has 2 N–H and O–H groups in total. The van der Waals surface area contributed by atoms with E-state index < -0.39 is 0 Å². The monoisotopic (exact) mass is 269 g/mol. The summed E-state index contributed by atoms with van der Waals surface area (Å²) in [6.07, 6.45) is 0. The van der Waals surface area contributed by atoms with Gasteiger partial charge in [0.05, 0.1) is 0 Å². The number of piperazine rings is 1. The smallest absolute Gasteiger partial charge is 0.0234 e. The largest absolute Gasteiger partial charge is 0.329 e. The molecule has 102 valence electrons. The third-order valence-corrected chi connectivity index (χ3v) is 3.40. The summed E-state index contributed by atoms with van der Waals surface area (Å²) < 4.78 is 0. The van der Waals surface area contributed by atoms with Gasteiger partial charge in [0.1, 0.15) is 0 Å². The molecule has 4 heteroatoms. The first-order valence-corrected chi connectivity index (χ1v) is 6.48. The molecule has 1 heterocycles. The number of hydrogen-bond acceptors (Lipinski definition) is 3. The van der Waals surface area contributed by atoms with Crippen LogP contribution in [0.1, 0.15) is 11.1 Å². The lowest BCUT2D eigenvalue weighted by molar-refractivity contribution is 0.130. The van der Waals surface area contributed by atoms with E-state index in [1.54, 1.807) is 0 Å². The fourth-order valence-corrected chi connectivity index (χ4v) is 2.42. The Morgan fingerprint density at radius 3 is 2.39 bits per heavy atom. The van der Waals surface area contributed by atoms with Crippen molar-refractivity contribution < 1.29 is 0 Å². The van der Waals surface area contributed by atoms with E-state index in [1.807, 2.05) is 0 Å². The zero-order chi connectivity index (χ0) is 12.1. The second kappa shape index (κ2) is 7.74. The van der Waals surface area contributed by atoms with Crippen LogP contribution in [0, 0.1) is 6.92 Å². The molecule has 1 saturated heterocycles. The highest BCUT2D eigenvalue weighted by Crippen LogP contribution is 2.09. The second-order valence-electron chi connectivity index (χ2n) is 4.90. The molecule has 1 aliphatic heterocycles. The Labute approximate surface area is 116 Å². The Hall–Kier alpha value is -0.610. The lowest BCUT2D eigenvalue weighted by atomic mass is 10.1. The highest BCUT2D eigenvalue weighted by atomic mass is 35.5. The second-order valence-corrected chi connectivity index (χ2v) is 4.90. The Morgan fingerprint density at radius 2 is 1.78 bits per heavy atom. The van der Waals surface area contributed by atoms with Crippen LogP contribution in [0.5, 0.6) is 0 Å². The van der Waals surface area contributed by atoms with Crippen LogP contribution in [-0.4, -0.2) is 49.1 Å². The van der Waals surface area contributed by atoms with E-state index in [0.717, 1.165) is 45.8 Å². The molecule has 0 amide bonds. The SMILES string of the molecule is Cc1cccc(CN2CCN(CCN)CC2)c1.Cl. The molecule has 0 atom stereocenters. The molecule has 2 rings (SSSR count). The van der Waals surface area contributed by atoms with E-state index >= 15 is 0 Å². The van der Waals surface area contributed by atoms with Crippen molar-refractivity contribution >= 4 is 12.4 Å². The van der Waals surface area contributed by atoms with Gasteiger partial charge in [0.15, 0.2) is 0 Å². The molecule has 18 heavy (non-hydrogen) atoms. The summed E-state index contributed by atoms with van der Waals surface area (Å²) in [7, 11) is 0. The first-order valence-electron chi connectivity index (χ1n) is 6.48. The number of nitrogens with two attached hydrogens (primary N) is 1. The zero-order valence-electron chi connectivity index (χ0n) is 11.1. The van der Waals surface area contributed by atoms with Gasteiger partial charge in [-0.1, -0.05) is 29.8 Å². The molecular weight excluding hydrogens is 246 g/mol. The van der Waals surface area contributed by atoms with Gasteiger partial charge in [0, 0.05) is 45.8 Å². The van der Waals surface area contributed by atoms with Gasteiger partial charge in [-0.25, -0.2) is 0 Å².